The predicted molar refractivity (Wildman–Crippen MR) is 69.8 cm³/mol. The lowest BCUT2D eigenvalue weighted by atomic mass is 10.0. The summed E-state index contributed by atoms with van der Waals surface area (Å²) >= 11 is 1.71. The smallest absolute Gasteiger partial charge is 0.107 e. The lowest BCUT2D eigenvalue weighted by molar-refractivity contribution is 0.810. The van der Waals surface area contributed by atoms with Crippen LogP contribution in [0.3, 0.4) is 0 Å². The van der Waals surface area contributed by atoms with Crippen molar-refractivity contribution in [3.05, 3.63) is 39.7 Å². The van der Waals surface area contributed by atoms with Crippen LogP contribution in [0.1, 0.15) is 16.1 Å². The van der Waals surface area contributed by atoms with Gasteiger partial charge in [0.15, 0.2) is 0 Å². The summed E-state index contributed by atoms with van der Waals surface area (Å²) in [5.74, 6) is 0. The molecule has 0 aliphatic rings. The van der Waals surface area contributed by atoms with Crippen molar-refractivity contribution in [3.8, 4) is 11.3 Å². The highest BCUT2D eigenvalue weighted by Crippen LogP contribution is 2.25. The molecule has 2 rings (SSSR count). The van der Waals surface area contributed by atoms with Crippen LogP contribution in [-0.4, -0.2) is 12.0 Å². The Hall–Kier alpha value is -1.19. The molecule has 1 aromatic carbocycles. The van der Waals surface area contributed by atoms with Crippen LogP contribution < -0.4 is 5.32 Å². The van der Waals surface area contributed by atoms with Crippen molar-refractivity contribution in [2.45, 2.75) is 20.4 Å². The summed E-state index contributed by atoms with van der Waals surface area (Å²) in [7, 11) is 1.94. The molecule has 0 unspecified atom stereocenters. The van der Waals surface area contributed by atoms with Crippen LogP contribution in [0.2, 0.25) is 0 Å². The van der Waals surface area contributed by atoms with Crippen LogP contribution in [-0.2, 0) is 6.54 Å². The normalized spacial score (nSPS) is 10.7. The molecule has 0 radical (unpaired) electrons. The zero-order chi connectivity index (χ0) is 11.5. The van der Waals surface area contributed by atoms with E-state index in [4.69, 9.17) is 0 Å². The minimum atomic E-state index is 0.843. The van der Waals surface area contributed by atoms with E-state index in [9.17, 15) is 0 Å². The van der Waals surface area contributed by atoms with E-state index in [1.54, 1.807) is 11.3 Å². The molecular weight excluding hydrogens is 216 g/mol. The fourth-order valence-electron chi connectivity index (χ4n) is 1.77. The van der Waals surface area contributed by atoms with E-state index >= 15 is 0 Å². The molecule has 1 N–H and O–H groups in total. The van der Waals surface area contributed by atoms with Gasteiger partial charge in [0, 0.05) is 17.5 Å². The molecule has 2 nitrogen and oxygen atoms in total. The minimum absolute atomic E-state index is 0.843. The molecule has 3 heteroatoms. The molecule has 0 saturated carbocycles. The fraction of sp³-hybridized carbons (Fsp3) is 0.308. The molecule has 0 aliphatic carbocycles. The first-order chi connectivity index (χ1) is 7.70. The summed E-state index contributed by atoms with van der Waals surface area (Å²) in [6.07, 6.45) is 0. The largest absolute Gasteiger partial charge is 0.314 e. The molecule has 0 atom stereocenters. The van der Waals surface area contributed by atoms with Crippen molar-refractivity contribution in [1.29, 1.82) is 0 Å². The van der Waals surface area contributed by atoms with E-state index in [0.29, 0.717) is 0 Å². The van der Waals surface area contributed by atoms with Gasteiger partial charge in [-0.3, -0.25) is 0 Å². The Labute approximate surface area is 100 Å². The summed E-state index contributed by atoms with van der Waals surface area (Å²) in [5.41, 5.74) is 4.92. The molecule has 0 aliphatic heterocycles. The Morgan fingerprint density at radius 1 is 1.31 bits per heavy atom. The first kappa shape index (κ1) is 11.3. The Kier molecular flexibility index (Phi) is 3.36. The van der Waals surface area contributed by atoms with Gasteiger partial charge < -0.3 is 5.32 Å². The van der Waals surface area contributed by atoms with E-state index in [1.807, 2.05) is 7.05 Å². The van der Waals surface area contributed by atoms with Gasteiger partial charge in [-0.1, -0.05) is 23.8 Å². The number of rotatable bonds is 3. The Morgan fingerprint density at radius 2 is 2.12 bits per heavy atom. The van der Waals surface area contributed by atoms with Crippen molar-refractivity contribution in [2.75, 3.05) is 7.05 Å². The second-order valence-electron chi connectivity index (χ2n) is 3.98. The van der Waals surface area contributed by atoms with Crippen molar-refractivity contribution in [3.63, 3.8) is 0 Å². The molecule has 0 saturated heterocycles. The van der Waals surface area contributed by atoms with Gasteiger partial charge >= 0.3 is 0 Å². The van der Waals surface area contributed by atoms with Crippen molar-refractivity contribution < 1.29 is 0 Å². The molecule has 0 fully saturated rings. The van der Waals surface area contributed by atoms with Crippen molar-refractivity contribution in [2.24, 2.45) is 0 Å². The summed E-state index contributed by atoms with van der Waals surface area (Å²) in [4.78, 5) is 4.62. The van der Waals surface area contributed by atoms with Crippen LogP contribution in [0, 0.1) is 13.8 Å². The van der Waals surface area contributed by atoms with Crippen molar-refractivity contribution in [1.82, 2.24) is 10.3 Å². The highest BCUT2D eigenvalue weighted by atomic mass is 32.1. The maximum atomic E-state index is 4.62. The quantitative estimate of drug-likeness (QED) is 0.879. The van der Waals surface area contributed by atoms with Gasteiger partial charge in [-0.05, 0) is 26.5 Å². The summed E-state index contributed by atoms with van der Waals surface area (Å²) in [6, 6.07) is 6.49. The number of thiazole rings is 1. The third kappa shape index (κ3) is 2.31. The number of nitrogens with zero attached hydrogens (tertiary/aromatic N) is 1. The average molecular weight is 232 g/mol. The number of benzene rings is 1. The zero-order valence-electron chi connectivity index (χ0n) is 9.87. The van der Waals surface area contributed by atoms with Gasteiger partial charge in [0.25, 0.3) is 0 Å². The lowest BCUT2D eigenvalue weighted by Gasteiger charge is -2.03. The van der Waals surface area contributed by atoms with Gasteiger partial charge in [-0.2, -0.15) is 0 Å². The van der Waals surface area contributed by atoms with Crippen molar-refractivity contribution >= 4 is 11.3 Å². The summed E-state index contributed by atoms with van der Waals surface area (Å²) in [6.45, 7) is 5.10. The van der Waals surface area contributed by atoms with Crippen LogP contribution in [0.25, 0.3) is 11.3 Å². The fourth-order valence-corrected chi connectivity index (χ4v) is 2.57. The SMILES string of the molecule is CNCc1nc(-c2ccc(C)cc2C)cs1. The van der Waals surface area contributed by atoms with Crippen LogP contribution >= 0.6 is 11.3 Å². The number of hydrogen-bond donors (Lipinski definition) is 1. The van der Waals surface area contributed by atoms with E-state index in [1.165, 1.54) is 16.7 Å². The van der Waals surface area contributed by atoms with E-state index in [2.05, 4.69) is 47.7 Å². The third-order valence-electron chi connectivity index (χ3n) is 2.54. The maximum Gasteiger partial charge on any atom is 0.107 e. The van der Waals surface area contributed by atoms with Crippen LogP contribution in [0.4, 0.5) is 0 Å². The Balaban J connectivity index is 2.35. The van der Waals surface area contributed by atoms with E-state index in [-0.39, 0.29) is 0 Å². The zero-order valence-corrected chi connectivity index (χ0v) is 10.7. The lowest BCUT2D eigenvalue weighted by Crippen LogP contribution is -2.04. The average Bonchev–Trinajstić information content (AvgIpc) is 2.67. The molecule has 2 aromatic rings. The van der Waals surface area contributed by atoms with E-state index in [0.717, 1.165) is 17.2 Å². The standard InChI is InChI=1S/C13H16N2S/c1-9-4-5-11(10(2)6-9)12-8-16-13(15-12)7-14-3/h4-6,8,14H,7H2,1-3H3. The molecule has 0 amide bonds. The molecule has 84 valence electrons. The number of nitrogens with one attached hydrogen (secondary N) is 1. The van der Waals surface area contributed by atoms with E-state index < -0.39 is 0 Å². The van der Waals surface area contributed by atoms with Crippen LogP contribution in [0.15, 0.2) is 23.6 Å². The van der Waals surface area contributed by atoms with Gasteiger partial charge in [0.2, 0.25) is 0 Å². The Morgan fingerprint density at radius 3 is 2.81 bits per heavy atom. The monoisotopic (exact) mass is 232 g/mol. The van der Waals surface area contributed by atoms with Gasteiger partial charge in [0.1, 0.15) is 5.01 Å². The van der Waals surface area contributed by atoms with Gasteiger partial charge in [-0.25, -0.2) is 4.98 Å². The molecule has 1 heterocycles. The molecule has 0 bridgehead atoms. The third-order valence-corrected chi connectivity index (χ3v) is 3.39. The Bertz CT molecular complexity index is 488. The molecule has 16 heavy (non-hydrogen) atoms. The molecule has 0 spiro atoms. The van der Waals surface area contributed by atoms with Gasteiger partial charge in [0.05, 0.1) is 5.69 Å². The predicted octanol–water partition coefficient (Wildman–Crippen LogP) is 3.15. The number of aromatic nitrogens is 1. The second-order valence-corrected chi connectivity index (χ2v) is 4.92. The maximum absolute atomic E-state index is 4.62. The van der Waals surface area contributed by atoms with Gasteiger partial charge in [-0.15, -0.1) is 11.3 Å². The topological polar surface area (TPSA) is 24.9 Å². The first-order valence-electron chi connectivity index (χ1n) is 5.37. The molecule has 1 aromatic heterocycles. The summed E-state index contributed by atoms with van der Waals surface area (Å²) < 4.78 is 0. The molecular formula is C13H16N2S. The first-order valence-corrected chi connectivity index (χ1v) is 6.25. The minimum Gasteiger partial charge on any atom is -0.314 e. The highest BCUT2D eigenvalue weighted by molar-refractivity contribution is 7.09. The number of aryl methyl sites for hydroxylation is 2. The van der Waals surface area contributed by atoms with Crippen LogP contribution in [0.5, 0.6) is 0 Å². The second kappa shape index (κ2) is 4.76. The highest BCUT2D eigenvalue weighted by Gasteiger charge is 2.06. The number of hydrogen-bond acceptors (Lipinski definition) is 3. The summed E-state index contributed by atoms with van der Waals surface area (Å²) in [5, 5.41) is 6.39.